The van der Waals surface area contributed by atoms with E-state index in [0.29, 0.717) is 13.1 Å². The lowest BCUT2D eigenvalue weighted by atomic mass is 10.2. The van der Waals surface area contributed by atoms with E-state index in [4.69, 9.17) is 25.7 Å². The summed E-state index contributed by atoms with van der Waals surface area (Å²) >= 11 is 0. The Kier molecular flexibility index (Phi) is 31.8. The number of unbranched alkanes of at least 4 members (excludes halogenated alkanes) is 2. The molecule has 0 aliphatic carbocycles. The van der Waals surface area contributed by atoms with E-state index in [2.05, 4.69) is 24.5 Å². The highest BCUT2D eigenvalue weighted by molar-refractivity contribution is 5.85. The van der Waals surface area contributed by atoms with Gasteiger partial charge in [0.05, 0.1) is 0 Å². The van der Waals surface area contributed by atoms with E-state index >= 15 is 0 Å². The van der Waals surface area contributed by atoms with E-state index in [1.165, 1.54) is 53.5 Å². The third-order valence-electron chi connectivity index (χ3n) is 5.53. The number of amides is 3. The second-order valence-corrected chi connectivity index (χ2v) is 14.1. The fourth-order valence-corrected chi connectivity index (χ4v) is 3.08. The molecule has 0 aliphatic heterocycles. The number of nitrogens with one attached hydrogen (secondary N) is 2. The first-order valence-electron chi connectivity index (χ1n) is 16.8. The maximum atomic E-state index is 12.6. The number of carbonyl (C=O) groups is 3. The molecule has 0 aromatic heterocycles. The molecule has 0 saturated carbocycles. The Morgan fingerprint density at radius 2 is 0.851 bits per heavy atom. The van der Waals surface area contributed by atoms with E-state index in [-0.39, 0.29) is 38.6 Å². The first kappa shape index (κ1) is 51.8. The zero-order chi connectivity index (χ0) is 36.4. The molecule has 0 atom stereocenters. The van der Waals surface area contributed by atoms with Gasteiger partial charge in [0, 0.05) is 66.5 Å². The van der Waals surface area contributed by atoms with Gasteiger partial charge in [-0.1, -0.05) is 26.7 Å². The van der Waals surface area contributed by atoms with Crippen LogP contribution in [-0.2, 0) is 14.2 Å². The van der Waals surface area contributed by atoms with Crippen LogP contribution in [-0.4, -0.2) is 129 Å². The molecule has 0 aromatic carbocycles. The molecule has 6 N–H and O–H groups in total. The quantitative estimate of drug-likeness (QED) is 0.127. The first-order valence-corrected chi connectivity index (χ1v) is 16.8. The van der Waals surface area contributed by atoms with Crippen molar-refractivity contribution in [2.75, 3.05) is 79.5 Å². The molecular weight excluding hydrogens is 626 g/mol. The lowest BCUT2D eigenvalue weighted by molar-refractivity contribution is 0.0120. The second kappa shape index (κ2) is 28.9. The summed E-state index contributed by atoms with van der Waals surface area (Å²) in [5, 5.41) is 6.42. The fraction of sp³-hybridized carbons (Fsp3) is 0.909. The smallest absolute Gasteiger partial charge is 0.410 e. The number of halogens is 1. The average Bonchev–Trinajstić information content (AvgIpc) is 2.90. The average molecular weight is 700 g/mol. The van der Waals surface area contributed by atoms with Crippen molar-refractivity contribution in [2.24, 2.45) is 11.5 Å². The zero-order valence-electron chi connectivity index (χ0n) is 32.3. The van der Waals surface area contributed by atoms with Gasteiger partial charge in [-0.3, -0.25) is 0 Å². The van der Waals surface area contributed by atoms with E-state index in [1.54, 1.807) is 76.4 Å². The summed E-state index contributed by atoms with van der Waals surface area (Å²) in [5.74, 6) is 0. The van der Waals surface area contributed by atoms with Gasteiger partial charge >= 0.3 is 18.3 Å². The Bertz CT molecular complexity index is 739. The van der Waals surface area contributed by atoms with Crippen molar-refractivity contribution in [1.82, 2.24) is 25.3 Å². The monoisotopic (exact) mass is 700 g/mol. The summed E-state index contributed by atoms with van der Waals surface area (Å²) in [6.45, 7) is 27.0. The minimum Gasteiger partial charge on any atom is -0.444 e. The molecule has 0 heterocycles. The van der Waals surface area contributed by atoms with Crippen LogP contribution in [0.5, 0.6) is 0 Å². The minimum absolute atomic E-state index is 0. The van der Waals surface area contributed by atoms with E-state index < -0.39 is 35.1 Å². The van der Waals surface area contributed by atoms with Crippen LogP contribution in [0.1, 0.15) is 102 Å². The highest BCUT2D eigenvalue weighted by Gasteiger charge is 2.26. The second-order valence-electron chi connectivity index (χ2n) is 14.1. The van der Waals surface area contributed by atoms with Gasteiger partial charge in [-0.05, 0) is 88.2 Å². The van der Waals surface area contributed by atoms with Gasteiger partial charge in [0.2, 0.25) is 0 Å². The van der Waals surface area contributed by atoms with Crippen LogP contribution in [0.3, 0.4) is 0 Å². The fourth-order valence-electron chi connectivity index (χ4n) is 3.08. The summed E-state index contributed by atoms with van der Waals surface area (Å²) in [7, 11) is 3.21. The van der Waals surface area contributed by atoms with Crippen LogP contribution in [0, 0.1) is 0 Å². The van der Waals surface area contributed by atoms with Crippen molar-refractivity contribution < 1.29 is 28.6 Å². The number of hydrogen-bond donors (Lipinski definition) is 4. The van der Waals surface area contributed by atoms with Crippen LogP contribution in [0.4, 0.5) is 14.4 Å². The van der Waals surface area contributed by atoms with Crippen LogP contribution in [0.15, 0.2) is 0 Å². The van der Waals surface area contributed by atoms with E-state index in [1.807, 2.05) is 0 Å². The summed E-state index contributed by atoms with van der Waals surface area (Å²) in [4.78, 5) is 41.2. The predicted molar refractivity (Wildman–Crippen MR) is 196 cm³/mol. The van der Waals surface area contributed by atoms with Crippen molar-refractivity contribution in [3.8, 4) is 0 Å². The number of nitrogens with zero attached hydrogens (tertiary/aromatic N) is 3. The van der Waals surface area contributed by atoms with Gasteiger partial charge < -0.3 is 51.0 Å². The van der Waals surface area contributed by atoms with Gasteiger partial charge in [0.1, 0.15) is 16.8 Å². The summed E-state index contributed by atoms with van der Waals surface area (Å²) < 4.78 is 16.1. The number of nitrogens with two attached hydrogens (primary N) is 2. The molecule has 13 nitrogen and oxygen atoms in total. The van der Waals surface area contributed by atoms with Crippen molar-refractivity contribution in [1.29, 1.82) is 0 Å². The lowest BCUT2D eigenvalue weighted by Crippen LogP contribution is -2.46. The topological polar surface area (TPSA) is 165 Å². The van der Waals surface area contributed by atoms with Crippen LogP contribution in [0.2, 0.25) is 0 Å². The highest BCUT2D eigenvalue weighted by Crippen LogP contribution is 2.13. The van der Waals surface area contributed by atoms with E-state index in [0.717, 1.165) is 13.1 Å². The molecule has 0 unspecified atom stereocenters. The number of likely N-dealkylation sites (N-methyl/N-ethyl adjacent to an activating group) is 2. The number of carbonyl (C=O) groups excluding carboxylic acids is 3. The Labute approximate surface area is 293 Å². The molecule has 0 spiro atoms. The van der Waals surface area contributed by atoms with Crippen molar-refractivity contribution in [2.45, 2.75) is 119 Å². The third kappa shape index (κ3) is 38.3. The van der Waals surface area contributed by atoms with Crippen molar-refractivity contribution >= 4 is 30.7 Å². The minimum atomic E-state index is -0.663. The zero-order valence-corrected chi connectivity index (χ0v) is 33.1. The molecule has 284 valence electrons. The molecule has 0 radical (unpaired) electrons. The van der Waals surface area contributed by atoms with Crippen LogP contribution in [0.25, 0.3) is 0 Å². The van der Waals surface area contributed by atoms with Gasteiger partial charge in [0.25, 0.3) is 0 Å². The molecule has 0 aromatic rings. The molecule has 0 aliphatic rings. The number of ether oxygens (including phenoxy) is 3. The van der Waals surface area contributed by atoms with Gasteiger partial charge in [-0.25, -0.2) is 14.4 Å². The maximum absolute atomic E-state index is 12.6. The van der Waals surface area contributed by atoms with Gasteiger partial charge in [0.15, 0.2) is 0 Å². The number of hydrogen-bond acceptors (Lipinski definition) is 10. The predicted octanol–water partition coefficient (Wildman–Crippen LogP) is 5.05. The SMILES string of the molecule is CCCCNCCCC.CN(CCN(CCN(C)C(=O)OC(C)(C)C)C(=O)OC(C)(C)C)C(=O)OC(C)(C)C.Cl.NCCNCCN. The van der Waals surface area contributed by atoms with Crippen molar-refractivity contribution in [3.63, 3.8) is 0 Å². The lowest BCUT2D eigenvalue weighted by Gasteiger charge is -2.31. The molecule has 0 fully saturated rings. The Hall–Kier alpha value is -2.06. The molecule has 0 rings (SSSR count). The maximum Gasteiger partial charge on any atom is 0.410 e. The molecule has 3 amide bonds. The van der Waals surface area contributed by atoms with Crippen LogP contribution >= 0.6 is 12.4 Å². The summed E-state index contributed by atoms with van der Waals surface area (Å²) in [6, 6.07) is 0. The molecule has 0 saturated heterocycles. The summed E-state index contributed by atoms with van der Waals surface area (Å²) in [5.41, 5.74) is 8.46. The highest BCUT2D eigenvalue weighted by atomic mass is 35.5. The molecule has 14 heteroatoms. The molecule has 47 heavy (non-hydrogen) atoms. The van der Waals surface area contributed by atoms with E-state index in [9.17, 15) is 14.4 Å². The van der Waals surface area contributed by atoms with Gasteiger partial charge in [-0.2, -0.15) is 0 Å². The first-order chi connectivity index (χ1) is 21.1. The largest absolute Gasteiger partial charge is 0.444 e. The number of rotatable bonds is 16. The Morgan fingerprint density at radius 3 is 1.13 bits per heavy atom. The normalized spacial score (nSPS) is 11.0. The van der Waals surface area contributed by atoms with Gasteiger partial charge in [-0.15, -0.1) is 12.4 Å². The Balaban J connectivity index is -0.000000444. The standard InChI is InChI=1S/C21H41N3O6.C8H19N.C4H13N3.ClH/c1-19(2,3)28-16(25)22(10)12-14-24(18(27)30-21(7,8)9)15-13-23(11)17(26)29-20(4,5)6;1-3-5-7-9-8-6-4-2;5-1-3-7-4-2-6;/h12-15H2,1-11H3;9H,3-8H2,1-2H3;7H,1-6H2;1H. The molecule has 0 bridgehead atoms. The summed E-state index contributed by atoms with van der Waals surface area (Å²) in [6.07, 6.45) is 3.79. The molecular formula is C33H74ClN7O6. The Morgan fingerprint density at radius 1 is 0.553 bits per heavy atom. The third-order valence-corrected chi connectivity index (χ3v) is 5.53. The van der Waals surface area contributed by atoms with Crippen molar-refractivity contribution in [3.05, 3.63) is 0 Å². The van der Waals surface area contributed by atoms with Crippen LogP contribution < -0.4 is 22.1 Å².